The number of anilines is 1. The van der Waals surface area contributed by atoms with Gasteiger partial charge in [-0.15, -0.1) is 0 Å². The third kappa shape index (κ3) is 3.74. The Morgan fingerprint density at radius 3 is 2.37 bits per heavy atom. The predicted molar refractivity (Wildman–Crippen MR) is 75.3 cm³/mol. The maximum absolute atomic E-state index is 13.2. The van der Waals surface area contributed by atoms with Crippen LogP contribution in [-0.4, -0.2) is 30.4 Å². The molecule has 1 fully saturated rings. The van der Waals surface area contributed by atoms with Gasteiger partial charge in [0.1, 0.15) is 0 Å². The van der Waals surface area contributed by atoms with Crippen LogP contribution in [0.15, 0.2) is 12.1 Å². The number of halogens is 3. The van der Waals surface area contributed by atoms with E-state index in [4.69, 9.17) is 23.2 Å². The number of carbonyl (C=O) groups is 1. The van der Waals surface area contributed by atoms with E-state index in [-0.39, 0.29) is 22.5 Å². The topological polar surface area (TPSA) is 32.3 Å². The third-order valence-corrected chi connectivity index (χ3v) is 3.69. The van der Waals surface area contributed by atoms with E-state index in [1.165, 1.54) is 18.6 Å². The Morgan fingerprint density at radius 2 is 1.79 bits per heavy atom. The molecule has 0 unspecified atom stereocenters. The van der Waals surface area contributed by atoms with Crippen LogP contribution >= 0.6 is 23.2 Å². The molecule has 0 atom stereocenters. The zero-order valence-corrected chi connectivity index (χ0v) is 11.9. The van der Waals surface area contributed by atoms with Crippen molar-refractivity contribution in [3.63, 3.8) is 0 Å². The molecule has 1 N–H and O–H groups in total. The fourth-order valence-electron chi connectivity index (χ4n) is 2.09. The zero-order valence-electron chi connectivity index (χ0n) is 10.4. The summed E-state index contributed by atoms with van der Waals surface area (Å²) in [7, 11) is 0. The average molecular weight is 305 g/mol. The van der Waals surface area contributed by atoms with Crippen molar-refractivity contribution in [2.45, 2.75) is 19.3 Å². The van der Waals surface area contributed by atoms with E-state index in [1.807, 2.05) is 4.90 Å². The molecule has 19 heavy (non-hydrogen) atoms. The van der Waals surface area contributed by atoms with Crippen LogP contribution in [0.25, 0.3) is 0 Å². The normalized spacial score (nSPS) is 15.4. The van der Waals surface area contributed by atoms with Gasteiger partial charge in [-0.2, -0.15) is 0 Å². The summed E-state index contributed by atoms with van der Waals surface area (Å²) in [6.07, 6.45) is 3.29. The van der Waals surface area contributed by atoms with Gasteiger partial charge in [0.2, 0.25) is 5.91 Å². The lowest BCUT2D eigenvalue weighted by molar-refractivity contribution is -0.130. The molecule has 0 spiro atoms. The largest absolute Gasteiger partial charge is 0.376 e. The van der Waals surface area contributed by atoms with Crippen molar-refractivity contribution >= 4 is 34.8 Å². The van der Waals surface area contributed by atoms with E-state index in [0.717, 1.165) is 25.9 Å². The number of hydrogen-bond acceptors (Lipinski definition) is 2. The number of carbonyl (C=O) groups excluding carboxylic acids is 1. The average Bonchev–Trinajstić information content (AvgIpc) is 2.43. The number of nitrogens with zero attached hydrogens (tertiary/aromatic N) is 1. The van der Waals surface area contributed by atoms with Crippen molar-refractivity contribution in [2.24, 2.45) is 0 Å². The van der Waals surface area contributed by atoms with E-state index < -0.39 is 5.82 Å². The quantitative estimate of drug-likeness (QED) is 0.866. The number of piperidine rings is 1. The van der Waals surface area contributed by atoms with E-state index >= 15 is 0 Å². The highest BCUT2D eigenvalue weighted by Crippen LogP contribution is 2.27. The second kappa shape index (κ2) is 6.44. The maximum Gasteiger partial charge on any atom is 0.241 e. The van der Waals surface area contributed by atoms with Gasteiger partial charge >= 0.3 is 0 Å². The molecule has 1 saturated heterocycles. The fraction of sp³-hybridized carbons (Fsp3) is 0.462. The van der Waals surface area contributed by atoms with Gasteiger partial charge in [0, 0.05) is 18.8 Å². The van der Waals surface area contributed by atoms with Gasteiger partial charge in [0.25, 0.3) is 0 Å². The van der Waals surface area contributed by atoms with Gasteiger partial charge in [0.05, 0.1) is 16.6 Å². The molecule has 0 aliphatic carbocycles. The summed E-state index contributed by atoms with van der Waals surface area (Å²) in [6.45, 7) is 1.79. The molecule has 6 heteroatoms. The highest BCUT2D eigenvalue weighted by molar-refractivity contribution is 6.35. The summed E-state index contributed by atoms with van der Waals surface area (Å²) in [5.74, 6) is -0.604. The Morgan fingerprint density at radius 1 is 1.21 bits per heavy atom. The van der Waals surface area contributed by atoms with E-state index in [2.05, 4.69) is 5.32 Å². The first kappa shape index (κ1) is 14.4. The van der Waals surface area contributed by atoms with Crippen molar-refractivity contribution in [2.75, 3.05) is 25.0 Å². The van der Waals surface area contributed by atoms with Gasteiger partial charge in [-0.3, -0.25) is 4.79 Å². The van der Waals surface area contributed by atoms with E-state index in [0.29, 0.717) is 5.69 Å². The van der Waals surface area contributed by atoms with Crippen molar-refractivity contribution < 1.29 is 9.18 Å². The number of benzene rings is 1. The summed E-state index contributed by atoms with van der Waals surface area (Å²) in [5.41, 5.74) is 0.543. The Balaban J connectivity index is 1.93. The predicted octanol–water partition coefficient (Wildman–Crippen LogP) is 3.56. The Hall–Kier alpha value is -1.00. The van der Waals surface area contributed by atoms with Gasteiger partial charge in [-0.05, 0) is 31.4 Å². The highest BCUT2D eigenvalue weighted by Gasteiger charge is 2.16. The second-order valence-corrected chi connectivity index (χ2v) is 5.36. The minimum Gasteiger partial charge on any atom is -0.376 e. The van der Waals surface area contributed by atoms with Crippen LogP contribution in [0.5, 0.6) is 0 Å². The molecular formula is C13H15Cl2FN2O. The first-order valence-electron chi connectivity index (χ1n) is 6.24. The molecular weight excluding hydrogens is 290 g/mol. The van der Waals surface area contributed by atoms with Crippen LogP contribution < -0.4 is 5.32 Å². The lowest BCUT2D eigenvalue weighted by Crippen LogP contribution is -2.39. The zero-order chi connectivity index (χ0) is 13.8. The van der Waals surface area contributed by atoms with Crippen molar-refractivity contribution in [1.82, 2.24) is 4.90 Å². The van der Waals surface area contributed by atoms with Crippen LogP contribution in [0.3, 0.4) is 0 Å². The number of nitrogens with one attached hydrogen (secondary N) is 1. The number of amides is 1. The van der Waals surface area contributed by atoms with Gasteiger partial charge in [-0.1, -0.05) is 23.2 Å². The molecule has 1 aromatic rings. The van der Waals surface area contributed by atoms with Crippen molar-refractivity contribution in [3.05, 3.63) is 28.0 Å². The number of hydrogen-bond donors (Lipinski definition) is 1. The second-order valence-electron chi connectivity index (χ2n) is 4.55. The molecule has 1 aliphatic heterocycles. The van der Waals surface area contributed by atoms with Crippen LogP contribution in [-0.2, 0) is 4.79 Å². The van der Waals surface area contributed by atoms with Crippen molar-refractivity contribution in [3.8, 4) is 0 Å². The molecule has 0 radical (unpaired) electrons. The molecule has 1 aromatic carbocycles. The molecule has 0 saturated carbocycles. The molecule has 1 aliphatic rings. The van der Waals surface area contributed by atoms with Crippen LogP contribution in [0, 0.1) is 5.82 Å². The monoisotopic (exact) mass is 304 g/mol. The standard InChI is InChI=1S/C13H15Cl2FN2O/c14-10-6-9(7-11(15)13(10)16)17-8-12(19)18-4-2-1-3-5-18/h6-7,17H,1-5,8H2. The lowest BCUT2D eigenvalue weighted by Gasteiger charge is -2.26. The van der Waals surface area contributed by atoms with Gasteiger partial charge in [-0.25, -0.2) is 4.39 Å². The molecule has 3 nitrogen and oxygen atoms in total. The van der Waals surface area contributed by atoms with Crippen LogP contribution in [0.2, 0.25) is 10.0 Å². The first-order chi connectivity index (χ1) is 9.08. The first-order valence-corrected chi connectivity index (χ1v) is 6.99. The summed E-state index contributed by atoms with van der Waals surface area (Å²) >= 11 is 11.4. The Bertz CT molecular complexity index is 453. The van der Waals surface area contributed by atoms with E-state index in [1.54, 1.807) is 0 Å². The van der Waals surface area contributed by atoms with E-state index in [9.17, 15) is 9.18 Å². The molecule has 0 bridgehead atoms. The summed E-state index contributed by atoms with van der Waals surface area (Å²) in [4.78, 5) is 13.8. The minimum absolute atomic E-state index is 0.0382. The van der Waals surface area contributed by atoms with Gasteiger partial charge < -0.3 is 10.2 Å². The molecule has 1 amide bonds. The van der Waals surface area contributed by atoms with Crippen LogP contribution in [0.4, 0.5) is 10.1 Å². The molecule has 2 rings (SSSR count). The van der Waals surface area contributed by atoms with Crippen molar-refractivity contribution in [1.29, 1.82) is 0 Å². The summed E-state index contributed by atoms with van der Waals surface area (Å²) in [6, 6.07) is 2.85. The molecule has 1 heterocycles. The molecule has 0 aromatic heterocycles. The fourth-order valence-corrected chi connectivity index (χ4v) is 2.58. The SMILES string of the molecule is O=C(CNc1cc(Cl)c(F)c(Cl)c1)N1CCCCC1. The minimum atomic E-state index is -0.642. The van der Waals surface area contributed by atoms with Gasteiger partial charge in [0.15, 0.2) is 5.82 Å². The maximum atomic E-state index is 13.2. The number of rotatable bonds is 3. The third-order valence-electron chi connectivity index (χ3n) is 3.14. The Labute approximate surface area is 121 Å². The summed E-state index contributed by atoms with van der Waals surface area (Å²) in [5, 5.41) is 2.81. The highest BCUT2D eigenvalue weighted by atomic mass is 35.5. The smallest absolute Gasteiger partial charge is 0.241 e. The summed E-state index contributed by atoms with van der Waals surface area (Å²) < 4.78 is 13.2. The Kier molecular flexibility index (Phi) is 4.88. The molecule has 104 valence electrons. The van der Waals surface area contributed by atoms with Crippen LogP contribution in [0.1, 0.15) is 19.3 Å². The number of likely N-dealkylation sites (tertiary alicyclic amines) is 1. The lowest BCUT2D eigenvalue weighted by atomic mass is 10.1.